The van der Waals surface area contributed by atoms with Crippen molar-refractivity contribution in [1.82, 2.24) is 0 Å². The van der Waals surface area contributed by atoms with Crippen LogP contribution >= 0.6 is 38.9 Å². The standard InChI is InChI=1S/C13H13BrClNS/c1-2-8-3-5-9(6-4-8)12(16)11-7-10(15)13(14)17-11/h3-7,12H,2,16H2,1H3. The molecule has 0 fully saturated rings. The highest BCUT2D eigenvalue weighted by Gasteiger charge is 2.13. The minimum absolute atomic E-state index is 0.102. The van der Waals surface area contributed by atoms with E-state index in [1.165, 1.54) is 5.56 Å². The number of hydrogen-bond donors (Lipinski definition) is 1. The molecule has 1 heterocycles. The van der Waals surface area contributed by atoms with Crippen LogP contribution in [0.1, 0.15) is 29.0 Å². The zero-order valence-corrected chi connectivity index (χ0v) is 12.6. The van der Waals surface area contributed by atoms with Gasteiger partial charge in [0.05, 0.1) is 14.9 Å². The summed E-state index contributed by atoms with van der Waals surface area (Å²) in [6.45, 7) is 2.14. The zero-order chi connectivity index (χ0) is 12.4. The molecule has 0 aliphatic carbocycles. The first-order valence-corrected chi connectivity index (χ1v) is 7.39. The molecule has 0 aliphatic heterocycles. The smallest absolute Gasteiger partial charge is 0.0888 e. The second kappa shape index (κ2) is 5.53. The summed E-state index contributed by atoms with van der Waals surface area (Å²) in [7, 11) is 0. The Kier molecular flexibility index (Phi) is 4.26. The van der Waals surface area contributed by atoms with E-state index in [0.717, 1.165) is 25.7 Å². The first-order valence-electron chi connectivity index (χ1n) is 5.41. The molecule has 0 radical (unpaired) electrons. The fourth-order valence-corrected chi connectivity index (χ4v) is 3.42. The molecule has 0 saturated heterocycles. The number of benzene rings is 1. The molecular formula is C13H13BrClNS. The fraction of sp³-hybridized carbons (Fsp3) is 0.231. The first-order chi connectivity index (χ1) is 8.11. The summed E-state index contributed by atoms with van der Waals surface area (Å²) >= 11 is 11.0. The van der Waals surface area contributed by atoms with Crippen molar-refractivity contribution < 1.29 is 0 Å². The molecule has 90 valence electrons. The van der Waals surface area contributed by atoms with Crippen molar-refractivity contribution in [2.45, 2.75) is 19.4 Å². The van der Waals surface area contributed by atoms with E-state index in [-0.39, 0.29) is 6.04 Å². The van der Waals surface area contributed by atoms with Gasteiger partial charge in [0.1, 0.15) is 0 Å². The van der Waals surface area contributed by atoms with Crippen LogP contribution in [-0.4, -0.2) is 0 Å². The molecule has 1 nitrogen and oxygen atoms in total. The molecule has 0 bridgehead atoms. The SMILES string of the molecule is CCc1ccc(C(N)c2cc(Cl)c(Br)s2)cc1. The van der Waals surface area contributed by atoms with Gasteiger partial charge < -0.3 is 5.73 Å². The van der Waals surface area contributed by atoms with Gasteiger partial charge in [-0.05, 0) is 39.5 Å². The lowest BCUT2D eigenvalue weighted by Crippen LogP contribution is -2.09. The molecular weight excluding hydrogens is 318 g/mol. The molecule has 1 unspecified atom stereocenters. The van der Waals surface area contributed by atoms with Crippen molar-refractivity contribution >= 4 is 38.9 Å². The van der Waals surface area contributed by atoms with Crippen LogP contribution in [0.4, 0.5) is 0 Å². The van der Waals surface area contributed by atoms with Gasteiger partial charge in [0.15, 0.2) is 0 Å². The molecule has 2 aromatic rings. The third-order valence-electron chi connectivity index (χ3n) is 2.72. The maximum absolute atomic E-state index is 6.22. The Balaban J connectivity index is 2.26. The Labute approximate surface area is 119 Å². The first kappa shape index (κ1) is 13.1. The van der Waals surface area contributed by atoms with Crippen LogP contribution < -0.4 is 5.73 Å². The summed E-state index contributed by atoms with van der Waals surface area (Å²) in [6.07, 6.45) is 1.05. The van der Waals surface area contributed by atoms with E-state index in [9.17, 15) is 0 Å². The largest absolute Gasteiger partial charge is 0.320 e. The third-order valence-corrected chi connectivity index (χ3v) is 5.28. The van der Waals surface area contributed by atoms with Crippen LogP contribution in [0.2, 0.25) is 5.02 Å². The van der Waals surface area contributed by atoms with Gasteiger partial charge in [0.25, 0.3) is 0 Å². The topological polar surface area (TPSA) is 26.0 Å². The summed E-state index contributed by atoms with van der Waals surface area (Å²) in [5.41, 5.74) is 8.66. The zero-order valence-electron chi connectivity index (χ0n) is 9.41. The van der Waals surface area contributed by atoms with Gasteiger partial charge in [0, 0.05) is 4.88 Å². The van der Waals surface area contributed by atoms with Gasteiger partial charge in [-0.25, -0.2) is 0 Å². The van der Waals surface area contributed by atoms with Crippen LogP contribution in [0.5, 0.6) is 0 Å². The van der Waals surface area contributed by atoms with Crippen LogP contribution in [0, 0.1) is 0 Å². The van der Waals surface area contributed by atoms with Crippen LogP contribution in [-0.2, 0) is 6.42 Å². The molecule has 1 aromatic carbocycles. The van der Waals surface area contributed by atoms with Crippen LogP contribution in [0.15, 0.2) is 34.1 Å². The number of thiophene rings is 1. The molecule has 1 aromatic heterocycles. The van der Waals surface area contributed by atoms with E-state index in [4.69, 9.17) is 17.3 Å². The maximum atomic E-state index is 6.22. The highest BCUT2D eigenvalue weighted by atomic mass is 79.9. The van der Waals surface area contributed by atoms with Crippen LogP contribution in [0.25, 0.3) is 0 Å². The van der Waals surface area contributed by atoms with Crippen LogP contribution in [0.3, 0.4) is 0 Å². The summed E-state index contributed by atoms with van der Waals surface area (Å²) in [6, 6.07) is 10.2. The molecule has 0 saturated carbocycles. The summed E-state index contributed by atoms with van der Waals surface area (Å²) in [4.78, 5) is 1.08. The van der Waals surface area contributed by atoms with E-state index in [0.29, 0.717) is 0 Å². The van der Waals surface area contributed by atoms with E-state index in [2.05, 4.69) is 47.1 Å². The van der Waals surface area contributed by atoms with Crippen molar-refractivity contribution in [3.05, 3.63) is 55.1 Å². The molecule has 1 atom stereocenters. The van der Waals surface area contributed by atoms with Crippen molar-refractivity contribution in [2.75, 3.05) is 0 Å². The number of rotatable bonds is 3. The predicted octanol–water partition coefficient (Wildman–Crippen LogP) is 4.77. The van der Waals surface area contributed by atoms with Crippen molar-refractivity contribution in [3.8, 4) is 0 Å². The highest BCUT2D eigenvalue weighted by molar-refractivity contribution is 9.11. The average Bonchev–Trinajstić information content (AvgIpc) is 2.69. The molecule has 2 N–H and O–H groups in total. The van der Waals surface area contributed by atoms with Crippen molar-refractivity contribution in [3.63, 3.8) is 0 Å². The van der Waals surface area contributed by atoms with Gasteiger partial charge in [-0.3, -0.25) is 0 Å². The molecule has 2 rings (SSSR count). The lowest BCUT2D eigenvalue weighted by atomic mass is 10.0. The predicted molar refractivity (Wildman–Crippen MR) is 78.9 cm³/mol. The minimum atomic E-state index is -0.102. The Morgan fingerprint density at radius 2 is 2.00 bits per heavy atom. The van der Waals surface area contributed by atoms with Gasteiger partial charge in [-0.1, -0.05) is 42.8 Å². The van der Waals surface area contributed by atoms with Crippen molar-refractivity contribution in [1.29, 1.82) is 0 Å². The Morgan fingerprint density at radius 3 is 2.47 bits per heavy atom. The normalized spacial score (nSPS) is 12.7. The van der Waals surface area contributed by atoms with Crippen molar-refractivity contribution in [2.24, 2.45) is 5.73 Å². The number of aryl methyl sites for hydroxylation is 1. The minimum Gasteiger partial charge on any atom is -0.320 e. The van der Waals surface area contributed by atoms with Gasteiger partial charge in [-0.2, -0.15) is 0 Å². The second-order valence-electron chi connectivity index (χ2n) is 3.84. The number of nitrogens with two attached hydrogens (primary N) is 1. The monoisotopic (exact) mass is 329 g/mol. The summed E-state index contributed by atoms with van der Waals surface area (Å²) < 4.78 is 0.940. The lowest BCUT2D eigenvalue weighted by molar-refractivity contribution is 0.891. The molecule has 17 heavy (non-hydrogen) atoms. The maximum Gasteiger partial charge on any atom is 0.0888 e. The number of hydrogen-bond acceptors (Lipinski definition) is 2. The second-order valence-corrected chi connectivity index (χ2v) is 6.65. The van der Waals surface area contributed by atoms with E-state index in [1.54, 1.807) is 11.3 Å². The summed E-state index contributed by atoms with van der Waals surface area (Å²) in [5, 5.41) is 0.727. The van der Waals surface area contributed by atoms with Gasteiger partial charge in [0.2, 0.25) is 0 Å². The lowest BCUT2D eigenvalue weighted by Gasteiger charge is -2.10. The Hall–Kier alpha value is -0.350. The third kappa shape index (κ3) is 2.91. The molecule has 4 heteroatoms. The summed E-state index contributed by atoms with van der Waals surface area (Å²) in [5.74, 6) is 0. The van der Waals surface area contributed by atoms with E-state index >= 15 is 0 Å². The van der Waals surface area contributed by atoms with E-state index in [1.807, 2.05) is 6.07 Å². The Bertz CT molecular complexity index is 487. The Morgan fingerprint density at radius 1 is 1.35 bits per heavy atom. The highest BCUT2D eigenvalue weighted by Crippen LogP contribution is 2.36. The molecule has 0 spiro atoms. The number of halogens is 2. The fourth-order valence-electron chi connectivity index (χ4n) is 1.64. The van der Waals surface area contributed by atoms with Gasteiger partial charge >= 0.3 is 0 Å². The molecule has 0 amide bonds. The van der Waals surface area contributed by atoms with Gasteiger partial charge in [-0.15, -0.1) is 11.3 Å². The quantitative estimate of drug-likeness (QED) is 0.861. The average molecular weight is 331 g/mol. The molecule has 0 aliphatic rings. The van der Waals surface area contributed by atoms with E-state index < -0.39 is 0 Å².